The van der Waals surface area contributed by atoms with Gasteiger partial charge < -0.3 is 25.2 Å². The van der Waals surface area contributed by atoms with Gasteiger partial charge in [-0.2, -0.15) is 9.78 Å². The lowest BCUT2D eigenvalue weighted by atomic mass is 10.3. The third-order valence-corrected chi connectivity index (χ3v) is 4.03. The maximum atomic E-state index is 12.4. The molecular weight excluding hydrogens is 382 g/mol. The Morgan fingerprint density at radius 2 is 2.14 bits per heavy atom. The zero-order valence-electron chi connectivity index (χ0n) is 15.8. The van der Waals surface area contributed by atoms with E-state index >= 15 is 0 Å². The van der Waals surface area contributed by atoms with Crippen molar-refractivity contribution in [1.82, 2.24) is 24.9 Å². The fraction of sp³-hybridized carbons (Fsp3) is 0.294. The molecule has 3 aromatic rings. The number of carbonyl (C=O) groups is 2. The van der Waals surface area contributed by atoms with Gasteiger partial charge in [0.05, 0.1) is 41.9 Å². The topological polar surface area (TPSA) is 150 Å². The number of aromatic nitrogens is 4. The van der Waals surface area contributed by atoms with Gasteiger partial charge in [-0.15, -0.1) is 0 Å². The van der Waals surface area contributed by atoms with E-state index in [1.165, 1.54) is 27.9 Å². The first-order valence-electron chi connectivity index (χ1n) is 8.66. The van der Waals surface area contributed by atoms with Gasteiger partial charge in [0.25, 0.3) is 5.91 Å². The second-order valence-electron chi connectivity index (χ2n) is 6.25. The molecule has 12 nitrogen and oxygen atoms in total. The van der Waals surface area contributed by atoms with E-state index in [-0.39, 0.29) is 42.6 Å². The summed E-state index contributed by atoms with van der Waals surface area (Å²) in [4.78, 5) is 34.9. The molecular formula is C17H19N7O5. The average molecular weight is 401 g/mol. The molecule has 3 heterocycles. The Labute approximate surface area is 164 Å². The van der Waals surface area contributed by atoms with Crippen molar-refractivity contribution in [1.29, 1.82) is 0 Å². The molecule has 0 saturated heterocycles. The number of rotatable bonds is 8. The van der Waals surface area contributed by atoms with Crippen LogP contribution in [0.4, 0.5) is 11.5 Å². The van der Waals surface area contributed by atoms with E-state index in [0.29, 0.717) is 11.5 Å². The van der Waals surface area contributed by atoms with Crippen LogP contribution in [0.2, 0.25) is 0 Å². The fourth-order valence-corrected chi connectivity index (χ4v) is 2.64. The maximum Gasteiger partial charge on any atom is 0.390 e. The SMILES string of the molecule is Cc1cc([N+](=O)[O-])nn1CCC(=O)Nc1cn(C)nc1C(=O)NCc1ccco1. The van der Waals surface area contributed by atoms with Crippen LogP contribution in [-0.4, -0.2) is 36.3 Å². The normalized spacial score (nSPS) is 10.7. The van der Waals surface area contributed by atoms with Crippen LogP contribution in [0.1, 0.15) is 28.4 Å². The van der Waals surface area contributed by atoms with E-state index < -0.39 is 10.8 Å². The Kier molecular flexibility index (Phi) is 5.71. The largest absolute Gasteiger partial charge is 0.467 e. The van der Waals surface area contributed by atoms with Gasteiger partial charge in [0, 0.05) is 19.7 Å². The van der Waals surface area contributed by atoms with E-state index in [0.717, 1.165) is 0 Å². The first-order valence-corrected chi connectivity index (χ1v) is 8.66. The van der Waals surface area contributed by atoms with Gasteiger partial charge >= 0.3 is 5.82 Å². The zero-order chi connectivity index (χ0) is 21.0. The molecule has 0 spiro atoms. The number of carbonyl (C=O) groups excluding carboxylic acids is 2. The summed E-state index contributed by atoms with van der Waals surface area (Å²) in [5, 5.41) is 24.0. The summed E-state index contributed by atoms with van der Waals surface area (Å²) in [6, 6.07) is 4.77. The molecule has 0 saturated carbocycles. The molecule has 0 unspecified atom stereocenters. The smallest absolute Gasteiger partial charge is 0.390 e. The van der Waals surface area contributed by atoms with E-state index in [1.54, 1.807) is 26.1 Å². The molecule has 3 aromatic heterocycles. The molecule has 2 amide bonds. The van der Waals surface area contributed by atoms with Crippen molar-refractivity contribution in [2.24, 2.45) is 7.05 Å². The van der Waals surface area contributed by atoms with Crippen LogP contribution < -0.4 is 10.6 Å². The van der Waals surface area contributed by atoms with Crippen molar-refractivity contribution in [3.63, 3.8) is 0 Å². The number of hydrogen-bond donors (Lipinski definition) is 2. The van der Waals surface area contributed by atoms with Crippen molar-refractivity contribution in [2.75, 3.05) is 5.32 Å². The van der Waals surface area contributed by atoms with Gasteiger partial charge in [-0.05, 0) is 24.0 Å². The van der Waals surface area contributed by atoms with Crippen LogP contribution in [0.15, 0.2) is 35.1 Å². The minimum Gasteiger partial charge on any atom is -0.467 e. The second kappa shape index (κ2) is 8.37. The molecule has 3 rings (SSSR count). The van der Waals surface area contributed by atoms with E-state index in [1.807, 2.05) is 0 Å². The van der Waals surface area contributed by atoms with Crippen molar-refractivity contribution in [3.8, 4) is 0 Å². The Hall–Kier alpha value is -3.96. The Bertz CT molecular complexity index is 1030. The van der Waals surface area contributed by atoms with E-state index in [9.17, 15) is 19.7 Å². The van der Waals surface area contributed by atoms with Crippen LogP contribution in [0, 0.1) is 17.0 Å². The summed E-state index contributed by atoms with van der Waals surface area (Å²) in [6.45, 7) is 2.01. The summed E-state index contributed by atoms with van der Waals surface area (Å²) in [5.74, 6) is -0.527. The number of aryl methyl sites for hydroxylation is 3. The minimum absolute atomic E-state index is 0.0159. The summed E-state index contributed by atoms with van der Waals surface area (Å²) < 4.78 is 7.96. The average Bonchev–Trinajstić information content (AvgIpc) is 3.38. The van der Waals surface area contributed by atoms with Crippen LogP contribution in [-0.2, 0) is 24.9 Å². The van der Waals surface area contributed by atoms with E-state index in [2.05, 4.69) is 20.8 Å². The quantitative estimate of drug-likeness (QED) is 0.427. The Morgan fingerprint density at radius 1 is 1.34 bits per heavy atom. The molecule has 0 radical (unpaired) electrons. The lowest BCUT2D eigenvalue weighted by molar-refractivity contribution is -0.389. The third-order valence-electron chi connectivity index (χ3n) is 4.03. The number of anilines is 1. The molecule has 29 heavy (non-hydrogen) atoms. The monoisotopic (exact) mass is 401 g/mol. The van der Waals surface area contributed by atoms with Crippen molar-refractivity contribution in [2.45, 2.75) is 26.4 Å². The highest BCUT2D eigenvalue weighted by Crippen LogP contribution is 2.15. The number of hydrogen-bond acceptors (Lipinski definition) is 7. The maximum absolute atomic E-state index is 12.4. The molecule has 0 aliphatic rings. The Morgan fingerprint density at radius 3 is 2.79 bits per heavy atom. The predicted molar refractivity (Wildman–Crippen MR) is 100.0 cm³/mol. The van der Waals surface area contributed by atoms with Gasteiger partial charge in [-0.3, -0.25) is 14.3 Å². The number of furan rings is 1. The van der Waals surface area contributed by atoms with Crippen molar-refractivity contribution in [3.05, 3.63) is 57.9 Å². The molecule has 12 heteroatoms. The van der Waals surface area contributed by atoms with Crippen molar-refractivity contribution < 1.29 is 18.9 Å². The highest BCUT2D eigenvalue weighted by molar-refractivity contribution is 6.02. The summed E-state index contributed by atoms with van der Waals surface area (Å²) in [6.07, 6.45) is 3.04. The van der Waals surface area contributed by atoms with Gasteiger partial charge in [0.15, 0.2) is 5.69 Å². The number of nitrogens with zero attached hydrogens (tertiary/aromatic N) is 5. The molecule has 0 aliphatic carbocycles. The zero-order valence-corrected chi connectivity index (χ0v) is 15.8. The molecule has 0 bridgehead atoms. The van der Waals surface area contributed by atoms with Crippen molar-refractivity contribution >= 4 is 23.3 Å². The fourth-order valence-electron chi connectivity index (χ4n) is 2.64. The number of nitro groups is 1. The number of amides is 2. The summed E-state index contributed by atoms with van der Waals surface area (Å²) in [5.41, 5.74) is 0.903. The van der Waals surface area contributed by atoms with Crippen LogP contribution >= 0.6 is 0 Å². The minimum atomic E-state index is -0.590. The van der Waals surface area contributed by atoms with Crippen LogP contribution in [0.5, 0.6) is 0 Å². The second-order valence-corrected chi connectivity index (χ2v) is 6.25. The van der Waals surface area contributed by atoms with Gasteiger partial charge in [-0.25, -0.2) is 0 Å². The van der Waals surface area contributed by atoms with Gasteiger partial charge in [-0.1, -0.05) is 0 Å². The molecule has 0 fully saturated rings. The number of nitrogens with one attached hydrogen (secondary N) is 2. The third kappa shape index (κ3) is 4.86. The molecule has 0 atom stereocenters. The Balaban J connectivity index is 1.60. The van der Waals surface area contributed by atoms with Gasteiger partial charge in [0.1, 0.15) is 5.76 Å². The van der Waals surface area contributed by atoms with E-state index in [4.69, 9.17) is 4.42 Å². The molecule has 2 N–H and O–H groups in total. The highest BCUT2D eigenvalue weighted by Gasteiger charge is 2.19. The lowest BCUT2D eigenvalue weighted by Crippen LogP contribution is -2.25. The predicted octanol–water partition coefficient (Wildman–Crippen LogP) is 1.39. The van der Waals surface area contributed by atoms with Crippen LogP contribution in [0.25, 0.3) is 0 Å². The standard InChI is InChI=1S/C17H19N7O5/c1-11-8-14(24(27)28)20-23(11)6-5-15(25)19-13-10-22(2)21-16(13)17(26)18-9-12-4-3-7-29-12/h3-4,7-8,10H,5-6,9H2,1-2H3,(H,18,26)(H,19,25). The first kappa shape index (κ1) is 19.8. The summed E-state index contributed by atoms with van der Waals surface area (Å²) >= 11 is 0. The molecule has 0 aliphatic heterocycles. The van der Waals surface area contributed by atoms with Gasteiger partial charge in [0.2, 0.25) is 5.91 Å². The molecule has 0 aromatic carbocycles. The lowest BCUT2D eigenvalue weighted by Gasteiger charge is -2.06. The first-order chi connectivity index (χ1) is 13.8. The molecule has 152 valence electrons. The summed E-state index contributed by atoms with van der Waals surface area (Å²) in [7, 11) is 1.63. The van der Waals surface area contributed by atoms with Crippen LogP contribution in [0.3, 0.4) is 0 Å². The highest BCUT2D eigenvalue weighted by atomic mass is 16.6.